The smallest absolute Gasteiger partial charge is 0.206 e. The van der Waals surface area contributed by atoms with Gasteiger partial charge in [-0.2, -0.15) is 0 Å². The van der Waals surface area contributed by atoms with E-state index in [-0.39, 0.29) is 6.54 Å². The Kier molecular flexibility index (Phi) is 4.56. The number of benzene rings is 1. The molecule has 0 bridgehead atoms. The molecule has 7 heteroatoms. The zero-order valence-electron chi connectivity index (χ0n) is 12.4. The average molecular weight is 347 g/mol. The summed E-state index contributed by atoms with van der Waals surface area (Å²) in [7, 11) is 0. The monoisotopic (exact) mass is 346 g/mol. The van der Waals surface area contributed by atoms with Crippen LogP contribution in [0, 0.1) is 0 Å². The van der Waals surface area contributed by atoms with Crippen LogP contribution in [0.1, 0.15) is 12.5 Å². The average Bonchev–Trinajstić information content (AvgIpc) is 3.03. The third kappa shape index (κ3) is 3.67. The Morgan fingerprint density at radius 1 is 1.22 bits per heavy atom. The van der Waals surface area contributed by atoms with Crippen LogP contribution in [0.25, 0.3) is 10.6 Å². The molecule has 2 N–H and O–H groups in total. The van der Waals surface area contributed by atoms with Crippen molar-refractivity contribution in [2.45, 2.75) is 12.5 Å². The summed E-state index contributed by atoms with van der Waals surface area (Å²) in [6.45, 7) is 1.99. The molecule has 0 aliphatic rings. The third-order valence-electron chi connectivity index (χ3n) is 3.37. The van der Waals surface area contributed by atoms with Crippen LogP contribution in [-0.4, -0.2) is 26.8 Å². The second-order valence-corrected chi connectivity index (χ2v) is 6.65. The number of hydrogen-bond donors (Lipinski definition) is 2. The predicted molar refractivity (Wildman–Crippen MR) is 92.7 cm³/mol. The van der Waals surface area contributed by atoms with E-state index >= 15 is 0 Å². The van der Waals surface area contributed by atoms with Gasteiger partial charge in [-0.25, -0.2) is 0 Å². The van der Waals surface area contributed by atoms with Gasteiger partial charge in [0.15, 0.2) is 5.01 Å². The van der Waals surface area contributed by atoms with Crippen molar-refractivity contribution in [3.05, 3.63) is 59.4 Å². The maximum Gasteiger partial charge on any atom is 0.206 e. The summed E-state index contributed by atoms with van der Waals surface area (Å²) in [6, 6.07) is 11.0. The summed E-state index contributed by atoms with van der Waals surface area (Å²) in [6.07, 6.45) is 3.45. The molecule has 2 aromatic heterocycles. The zero-order chi connectivity index (χ0) is 16.3. The molecule has 2 heterocycles. The molecule has 3 rings (SSSR count). The Morgan fingerprint density at radius 2 is 2.04 bits per heavy atom. The summed E-state index contributed by atoms with van der Waals surface area (Å²) in [5.41, 5.74) is 0.473. The predicted octanol–water partition coefficient (Wildman–Crippen LogP) is 3.57. The molecule has 118 valence electrons. The summed E-state index contributed by atoms with van der Waals surface area (Å²) >= 11 is 7.56. The van der Waals surface area contributed by atoms with Crippen molar-refractivity contribution in [1.82, 2.24) is 15.2 Å². The highest BCUT2D eigenvalue weighted by Gasteiger charge is 2.25. The van der Waals surface area contributed by atoms with Gasteiger partial charge in [-0.05, 0) is 25.1 Å². The summed E-state index contributed by atoms with van der Waals surface area (Å²) in [4.78, 5) is 4.07. The first-order chi connectivity index (χ1) is 11.1. The Morgan fingerprint density at radius 3 is 2.78 bits per heavy atom. The number of aromatic nitrogens is 3. The van der Waals surface area contributed by atoms with Gasteiger partial charge in [-0.1, -0.05) is 41.1 Å². The molecular formula is C16H15ClN4OS. The van der Waals surface area contributed by atoms with Gasteiger partial charge in [0.1, 0.15) is 5.60 Å². The van der Waals surface area contributed by atoms with Crippen molar-refractivity contribution in [1.29, 1.82) is 0 Å². The standard InChI is InChI=1S/C16H15ClN4OS/c1-16(22,12-6-2-3-7-13(12)17)10-19-15-21-20-14(23-15)11-5-4-8-18-9-11/h2-9,22H,10H2,1H3,(H,19,21). The number of rotatable bonds is 5. The van der Waals surface area contributed by atoms with Crippen LogP contribution in [0.4, 0.5) is 5.13 Å². The molecule has 23 heavy (non-hydrogen) atoms. The lowest BCUT2D eigenvalue weighted by atomic mass is 9.96. The van der Waals surface area contributed by atoms with E-state index in [1.54, 1.807) is 25.4 Å². The van der Waals surface area contributed by atoms with Gasteiger partial charge in [-0.15, -0.1) is 10.2 Å². The summed E-state index contributed by atoms with van der Waals surface area (Å²) in [5.74, 6) is 0. The van der Waals surface area contributed by atoms with E-state index < -0.39 is 5.60 Å². The first-order valence-corrected chi connectivity index (χ1v) is 8.21. The van der Waals surface area contributed by atoms with Crippen LogP contribution in [0.15, 0.2) is 48.8 Å². The van der Waals surface area contributed by atoms with Gasteiger partial charge in [0.05, 0.1) is 0 Å². The second kappa shape index (κ2) is 6.62. The molecule has 0 amide bonds. The minimum atomic E-state index is -1.11. The largest absolute Gasteiger partial charge is 0.384 e. The molecule has 0 radical (unpaired) electrons. The van der Waals surface area contributed by atoms with Gasteiger partial charge in [-0.3, -0.25) is 4.98 Å². The first-order valence-electron chi connectivity index (χ1n) is 7.01. The SMILES string of the molecule is CC(O)(CNc1nnc(-c2cccnc2)s1)c1ccccc1Cl. The third-order valence-corrected chi connectivity index (χ3v) is 4.63. The Bertz CT molecular complexity index is 792. The topological polar surface area (TPSA) is 70.9 Å². The maximum absolute atomic E-state index is 10.7. The maximum atomic E-state index is 10.7. The lowest BCUT2D eigenvalue weighted by Gasteiger charge is -2.24. The van der Waals surface area contributed by atoms with Crippen LogP contribution in [0.3, 0.4) is 0 Å². The highest BCUT2D eigenvalue weighted by atomic mass is 35.5. The van der Waals surface area contributed by atoms with Gasteiger partial charge < -0.3 is 10.4 Å². The van der Waals surface area contributed by atoms with Gasteiger partial charge >= 0.3 is 0 Å². The molecule has 0 spiro atoms. The van der Waals surface area contributed by atoms with Crippen molar-refractivity contribution in [2.75, 3.05) is 11.9 Å². The fourth-order valence-electron chi connectivity index (χ4n) is 2.14. The molecule has 0 aliphatic heterocycles. The van der Waals surface area contributed by atoms with E-state index in [9.17, 15) is 5.11 Å². The number of anilines is 1. The van der Waals surface area contributed by atoms with E-state index in [0.29, 0.717) is 15.7 Å². The second-order valence-electron chi connectivity index (χ2n) is 5.26. The molecule has 5 nitrogen and oxygen atoms in total. The minimum absolute atomic E-state index is 0.276. The van der Waals surface area contributed by atoms with Crippen LogP contribution >= 0.6 is 22.9 Å². The number of pyridine rings is 1. The fourth-order valence-corrected chi connectivity index (χ4v) is 3.21. The zero-order valence-corrected chi connectivity index (χ0v) is 14.0. The quantitative estimate of drug-likeness (QED) is 0.739. The number of hydrogen-bond acceptors (Lipinski definition) is 6. The Labute approximate surface area is 143 Å². The van der Waals surface area contributed by atoms with Gasteiger partial charge in [0, 0.05) is 35.1 Å². The van der Waals surface area contributed by atoms with E-state index in [0.717, 1.165) is 10.6 Å². The molecular weight excluding hydrogens is 332 g/mol. The molecule has 0 aliphatic carbocycles. The van der Waals surface area contributed by atoms with E-state index in [4.69, 9.17) is 11.6 Å². The molecule has 1 atom stereocenters. The van der Waals surface area contributed by atoms with E-state index in [2.05, 4.69) is 20.5 Å². The Hall–Kier alpha value is -2.02. The van der Waals surface area contributed by atoms with Crippen molar-refractivity contribution >= 4 is 28.1 Å². The number of nitrogens with zero attached hydrogens (tertiary/aromatic N) is 3. The highest BCUT2D eigenvalue weighted by Crippen LogP contribution is 2.30. The normalized spacial score (nSPS) is 13.5. The van der Waals surface area contributed by atoms with Gasteiger partial charge in [0.25, 0.3) is 0 Å². The highest BCUT2D eigenvalue weighted by molar-refractivity contribution is 7.18. The number of halogens is 1. The van der Waals surface area contributed by atoms with Crippen molar-refractivity contribution in [3.8, 4) is 10.6 Å². The van der Waals surface area contributed by atoms with Crippen LogP contribution in [-0.2, 0) is 5.60 Å². The van der Waals surface area contributed by atoms with Crippen LogP contribution in [0.5, 0.6) is 0 Å². The molecule has 0 saturated heterocycles. The van der Waals surface area contributed by atoms with E-state index in [1.165, 1.54) is 11.3 Å². The van der Waals surface area contributed by atoms with E-state index in [1.807, 2.05) is 30.3 Å². The molecule has 1 unspecified atom stereocenters. The lowest BCUT2D eigenvalue weighted by molar-refractivity contribution is 0.0716. The molecule has 1 aromatic carbocycles. The van der Waals surface area contributed by atoms with Crippen LogP contribution < -0.4 is 5.32 Å². The molecule has 0 saturated carbocycles. The summed E-state index contributed by atoms with van der Waals surface area (Å²) < 4.78 is 0. The minimum Gasteiger partial charge on any atom is -0.384 e. The van der Waals surface area contributed by atoms with Crippen molar-refractivity contribution < 1.29 is 5.11 Å². The Balaban J connectivity index is 1.71. The first kappa shape index (κ1) is 15.9. The fraction of sp³-hybridized carbons (Fsp3) is 0.188. The summed E-state index contributed by atoms with van der Waals surface area (Å²) in [5, 5.41) is 23.9. The number of nitrogens with one attached hydrogen (secondary N) is 1. The van der Waals surface area contributed by atoms with Crippen LogP contribution in [0.2, 0.25) is 5.02 Å². The van der Waals surface area contributed by atoms with Crippen molar-refractivity contribution in [3.63, 3.8) is 0 Å². The molecule has 3 aromatic rings. The number of aliphatic hydroxyl groups is 1. The van der Waals surface area contributed by atoms with Gasteiger partial charge in [0.2, 0.25) is 5.13 Å². The van der Waals surface area contributed by atoms with Crippen molar-refractivity contribution in [2.24, 2.45) is 0 Å². The molecule has 0 fully saturated rings. The lowest BCUT2D eigenvalue weighted by Crippen LogP contribution is -2.31.